The highest BCUT2D eigenvalue weighted by atomic mass is 16.3. The molecule has 12 heavy (non-hydrogen) atoms. The lowest BCUT2D eigenvalue weighted by molar-refractivity contribution is 0.168. The Labute approximate surface area is 72.2 Å². The third kappa shape index (κ3) is 1.84. The molecule has 1 aromatic rings. The summed E-state index contributed by atoms with van der Waals surface area (Å²) in [7, 11) is 3.65. The number of aliphatic hydroxyl groups excluding tert-OH is 1. The zero-order valence-corrected chi connectivity index (χ0v) is 7.70. The molecule has 0 amide bonds. The monoisotopic (exact) mass is 169 g/mol. The lowest BCUT2D eigenvalue weighted by Gasteiger charge is -2.09. The third-order valence-electron chi connectivity index (χ3n) is 1.78. The van der Waals surface area contributed by atoms with Gasteiger partial charge in [-0.15, -0.1) is 0 Å². The first-order chi connectivity index (χ1) is 5.65. The van der Waals surface area contributed by atoms with Gasteiger partial charge in [-0.1, -0.05) is 0 Å². The molecule has 1 rings (SSSR count). The summed E-state index contributed by atoms with van der Waals surface area (Å²) in [5.41, 5.74) is 1.78. The van der Waals surface area contributed by atoms with E-state index in [-0.39, 0.29) is 0 Å². The van der Waals surface area contributed by atoms with Crippen LogP contribution in [0.5, 0.6) is 0 Å². The molecule has 0 radical (unpaired) electrons. The summed E-state index contributed by atoms with van der Waals surface area (Å²) in [4.78, 5) is 0. The molecule has 1 aromatic heterocycles. The van der Waals surface area contributed by atoms with Crippen molar-refractivity contribution in [2.45, 2.75) is 13.0 Å². The van der Waals surface area contributed by atoms with E-state index in [1.807, 2.05) is 27.1 Å². The summed E-state index contributed by atoms with van der Waals surface area (Å²) >= 11 is 0. The van der Waals surface area contributed by atoms with E-state index in [4.69, 9.17) is 0 Å². The van der Waals surface area contributed by atoms with Gasteiger partial charge >= 0.3 is 0 Å². The Morgan fingerprint density at radius 3 is 2.83 bits per heavy atom. The number of aliphatic hydroxyl groups is 1. The van der Waals surface area contributed by atoms with Crippen molar-refractivity contribution >= 4 is 0 Å². The average Bonchev–Trinajstić information content (AvgIpc) is 2.30. The predicted molar refractivity (Wildman–Crippen MR) is 46.8 cm³/mol. The zero-order chi connectivity index (χ0) is 9.14. The predicted octanol–water partition coefficient (Wildman–Crippen LogP) is -0.0187. The SMILES string of the molecule is CNCC(O)c1cc(C)nn1C. The quantitative estimate of drug-likeness (QED) is 0.668. The average molecular weight is 169 g/mol. The van der Waals surface area contributed by atoms with Crippen LogP contribution in [0.4, 0.5) is 0 Å². The van der Waals surface area contributed by atoms with Crippen molar-refractivity contribution in [2.75, 3.05) is 13.6 Å². The molecule has 0 bridgehead atoms. The van der Waals surface area contributed by atoms with Crippen molar-refractivity contribution in [3.8, 4) is 0 Å². The number of aryl methyl sites for hydroxylation is 2. The molecule has 4 heteroatoms. The number of aromatic nitrogens is 2. The summed E-state index contributed by atoms with van der Waals surface area (Å²) in [5.74, 6) is 0. The van der Waals surface area contributed by atoms with E-state index in [0.717, 1.165) is 11.4 Å². The Balaban J connectivity index is 2.79. The molecule has 1 unspecified atom stereocenters. The lowest BCUT2D eigenvalue weighted by Crippen LogP contribution is -2.18. The zero-order valence-electron chi connectivity index (χ0n) is 7.70. The number of hydrogen-bond donors (Lipinski definition) is 2. The van der Waals surface area contributed by atoms with Gasteiger partial charge < -0.3 is 10.4 Å². The Morgan fingerprint density at radius 1 is 1.75 bits per heavy atom. The van der Waals surface area contributed by atoms with Crippen LogP contribution in [0.25, 0.3) is 0 Å². The van der Waals surface area contributed by atoms with E-state index in [1.54, 1.807) is 4.68 Å². The summed E-state index contributed by atoms with van der Waals surface area (Å²) in [6.07, 6.45) is -0.471. The van der Waals surface area contributed by atoms with E-state index in [0.29, 0.717) is 6.54 Å². The molecular formula is C8H15N3O. The van der Waals surface area contributed by atoms with Crippen molar-refractivity contribution in [3.05, 3.63) is 17.5 Å². The second-order valence-corrected chi connectivity index (χ2v) is 2.91. The molecule has 0 aliphatic heterocycles. The van der Waals surface area contributed by atoms with Crippen molar-refractivity contribution in [3.63, 3.8) is 0 Å². The molecule has 0 fully saturated rings. The third-order valence-corrected chi connectivity index (χ3v) is 1.78. The number of nitrogens with zero attached hydrogens (tertiary/aromatic N) is 2. The van der Waals surface area contributed by atoms with Crippen LogP contribution in [0, 0.1) is 6.92 Å². The first kappa shape index (κ1) is 9.22. The Kier molecular flexibility index (Phi) is 2.83. The van der Waals surface area contributed by atoms with Gasteiger partial charge in [-0.2, -0.15) is 5.10 Å². The maximum Gasteiger partial charge on any atom is 0.108 e. The van der Waals surface area contributed by atoms with Crippen LogP contribution >= 0.6 is 0 Å². The van der Waals surface area contributed by atoms with E-state index in [1.165, 1.54) is 0 Å². The highest BCUT2D eigenvalue weighted by Crippen LogP contribution is 2.11. The maximum absolute atomic E-state index is 9.59. The van der Waals surface area contributed by atoms with Gasteiger partial charge in [0.2, 0.25) is 0 Å². The standard InChI is InChI=1S/C8H15N3O/c1-6-4-7(11(3)10-6)8(12)5-9-2/h4,8-9,12H,5H2,1-3H3. The first-order valence-corrected chi connectivity index (χ1v) is 3.98. The molecule has 0 aliphatic rings. The van der Waals surface area contributed by atoms with Gasteiger partial charge in [-0.3, -0.25) is 4.68 Å². The summed E-state index contributed by atoms with van der Waals surface area (Å²) in [6.45, 7) is 2.47. The molecule has 0 spiro atoms. The smallest absolute Gasteiger partial charge is 0.108 e. The molecule has 0 saturated carbocycles. The topological polar surface area (TPSA) is 50.1 Å². The first-order valence-electron chi connectivity index (χ1n) is 3.98. The van der Waals surface area contributed by atoms with Gasteiger partial charge in [-0.05, 0) is 20.0 Å². The molecule has 0 aromatic carbocycles. The Morgan fingerprint density at radius 2 is 2.42 bits per heavy atom. The van der Waals surface area contributed by atoms with E-state index < -0.39 is 6.10 Å². The van der Waals surface area contributed by atoms with Gasteiger partial charge in [0, 0.05) is 13.6 Å². The number of hydrogen-bond acceptors (Lipinski definition) is 3. The van der Waals surface area contributed by atoms with Crippen molar-refractivity contribution in [1.82, 2.24) is 15.1 Å². The molecular weight excluding hydrogens is 154 g/mol. The van der Waals surface area contributed by atoms with Crippen LogP contribution in [0.3, 0.4) is 0 Å². The summed E-state index contributed by atoms with van der Waals surface area (Å²) in [5, 5.41) is 16.6. The molecule has 4 nitrogen and oxygen atoms in total. The Bertz CT molecular complexity index is 257. The van der Waals surface area contributed by atoms with Gasteiger partial charge in [0.15, 0.2) is 0 Å². The molecule has 68 valence electrons. The van der Waals surface area contributed by atoms with Gasteiger partial charge in [-0.25, -0.2) is 0 Å². The van der Waals surface area contributed by atoms with E-state index in [2.05, 4.69) is 10.4 Å². The highest BCUT2D eigenvalue weighted by Gasteiger charge is 2.11. The number of nitrogens with one attached hydrogen (secondary N) is 1. The van der Waals surface area contributed by atoms with Crippen LogP contribution in [0.2, 0.25) is 0 Å². The van der Waals surface area contributed by atoms with Crippen LogP contribution in [0.1, 0.15) is 17.5 Å². The van der Waals surface area contributed by atoms with Crippen LogP contribution in [-0.2, 0) is 7.05 Å². The van der Waals surface area contributed by atoms with Crippen molar-refractivity contribution in [1.29, 1.82) is 0 Å². The van der Waals surface area contributed by atoms with Crippen LogP contribution < -0.4 is 5.32 Å². The fourth-order valence-electron chi connectivity index (χ4n) is 1.24. The van der Waals surface area contributed by atoms with Gasteiger partial charge in [0.05, 0.1) is 11.4 Å². The van der Waals surface area contributed by atoms with E-state index >= 15 is 0 Å². The molecule has 0 aliphatic carbocycles. The number of rotatable bonds is 3. The second-order valence-electron chi connectivity index (χ2n) is 2.91. The minimum Gasteiger partial charge on any atom is -0.385 e. The minimum atomic E-state index is -0.471. The van der Waals surface area contributed by atoms with Crippen molar-refractivity contribution in [2.24, 2.45) is 7.05 Å². The van der Waals surface area contributed by atoms with Crippen LogP contribution in [0.15, 0.2) is 6.07 Å². The fourth-order valence-corrected chi connectivity index (χ4v) is 1.24. The highest BCUT2D eigenvalue weighted by molar-refractivity contribution is 5.11. The molecule has 1 heterocycles. The normalized spacial score (nSPS) is 13.3. The minimum absolute atomic E-state index is 0.471. The van der Waals surface area contributed by atoms with Gasteiger partial charge in [0.25, 0.3) is 0 Å². The van der Waals surface area contributed by atoms with Crippen molar-refractivity contribution < 1.29 is 5.11 Å². The largest absolute Gasteiger partial charge is 0.385 e. The molecule has 0 saturated heterocycles. The second kappa shape index (κ2) is 3.69. The van der Waals surface area contributed by atoms with Gasteiger partial charge in [0.1, 0.15) is 6.10 Å². The van der Waals surface area contributed by atoms with Crippen LogP contribution in [-0.4, -0.2) is 28.5 Å². The summed E-state index contributed by atoms with van der Waals surface area (Å²) in [6, 6.07) is 1.89. The Hall–Kier alpha value is -0.870. The fraction of sp³-hybridized carbons (Fsp3) is 0.625. The maximum atomic E-state index is 9.59. The lowest BCUT2D eigenvalue weighted by atomic mass is 10.2. The molecule has 1 atom stereocenters. The van der Waals surface area contributed by atoms with E-state index in [9.17, 15) is 5.11 Å². The number of likely N-dealkylation sites (N-methyl/N-ethyl adjacent to an activating group) is 1. The summed E-state index contributed by atoms with van der Waals surface area (Å²) < 4.78 is 1.71. The molecule has 2 N–H and O–H groups in total.